The Morgan fingerprint density at radius 2 is 0.952 bits per heavy atom. The van der Waals surface area contributed by atoms with Gasteiger partial charge >= 0.3 is 7.82 Å². The number of nitrogens with zero attached hydrogens (tertiary/aromatic N) is 1. The van der Waals surface area contributed by atoms with E-state index in [0.29, 0.717) is 17.4 Å². The van der Waals surface area contributed by atoms with Crippen LogP contribution in [0.3, 0.4) is 0 Å². The van der Waals surface area contributed by atoms with Crippen LogP contribution in [0, 0.1) is 0 Å². The van der Waals surface area contributed by atoms with E-state index in [1.165, 1.54) is 186 Å². The lowest BCUT2D eigenvalue weighted by molar-refractivity contribution is -0.870. The fourth-order valence-electron chi connectivity index (χ4n) is 7.67. The Morgan fingerprint density at radius 3 is 1.35 bits per heavy atom. The number of phosphoric acid groups is 1. The van der Waals surface area contributed by atoms with Gasteiger partial charge in [-0.15, -0.1) is 0 Å². The van der Waals surface area contributed by atoms with E-state index in [1.54, 1.807) is 6.08 Å². The summed E-state index contributed by atoms with van der Waals surface area (Å²) in [5, 5.41) is 13.5. The molecule has 0 radical (unpaired) electrons. The fraction of sp³-hybridized carbons (Fsp3) is 0.868. The van der Waals surface area contributed by atoms with Crippen LogP contribution in [-0.4, -0.2) is 73.4 Å². The van der Waals surface area contributed by atoms with Gasteiger partial charge < -0.3 is 19.8 Å². The third kappa shape index (κ3) is 46.7. The zero-order valence-corrected chi connectivity index (χ0v) is 42.5. The van der Waals surface area contributed by atoms with Crippen LogP contribution < -0.4 is 5.32 Å². The second kappa shape index (κ2) is 44.9. The number of unbranched alkanes of at least 4 members (excludes halogenated alkanes) is 31. The average molecular weight is 896 g/mol. The number of amides is 1. The summed E-state index contributed by atoms with van der Waals surface area (Å²) < 4.78 is 23.3. The Labute approximate surface area is 385 Å². The number of phosphoric ester groups is 1. The largest absolute Gasteiger partial charge is 0.472 e. The van der Waals surface area contributed by atoms with Crippen molar-refractivity contribution in [3.8, 4) is 0 Å². The number of hydrogen-bond acceptors (Lipinski definition) is 5. The summed E-state index contributed by atoms with van der Waals surface area (Å²) in [6.07, 6.45) is 57.9. The molecule has 3 unspecified atom stereocenters. The van der Waals surface area contributed by atoms with Crippen LogP contribution in [0.2, 0.25) is 0 Å². The number of allylic oxidation sites excluding steroid dienone is 5. The highest BCUT2D eigenvalue weighted by atomic mass is 31.2. The molecule has 9 heteroatoms. The molecule has 3 atom stereocenters. The van der Waals surface area contributed by atoms with Gasteiger partial charge in [0.25, 0.3) is 0 Å². The average Bonchev–Trinajstić information content (AvgIpc) is 3.23. The number of carbonyl (C=O) groups excluding carboxylic acids is 1. The first kappa shape index (κ1) is 60.7. The van der Waals surface area contributed by atoms with Crippen LogP contribution in [0.4, 0.5) is 0 Å². The zero-order valence-electron chi connectivity index (χ0n) is 41.6. The van der Waals surface area contributed by atoms with E-state index < -0.39 is 20.0 Å². The summed E-state index contributed by atoms with van der Waals surface area (Å²) in [6.45, 7) is 4.60. The van der Waals surface area contributed by atoms with Gasteiger partial charge in [0.1, 0.15) is 13.2 Å². The number of nitrogens with one attached hydrogen (secondary N) is 1. The summed E-state index contributed by atoms with van der Waals surface area (Å²) >= 11 is 0. The van der Waals surface area contributed by atoms with E-state index in [2.05, 4.69) is 36.5 Å². The van der Waals surface area contributed by atoms with Gasteiger partial charge in [0.2, 0.25) is 5.91 Å². The summed E-state index contributed by atoms with van der Waals surface area (Å²) in [6, 6.07) is -0.839. The van der Waals surface area contributed by atoms with Crippen molar-refractivity contribution < 1.29 is 32.9 Å². The Balaban J connectivity index is 3.62. The second-order valence-corrected chi connectivity index (χ2v) is 20.7. The van der Waals surface area contributed by atoms with Gasteiger partial charge in [-0.3, -0.25) is 13.8 Å². The van der Waals surface area contributed by atoms with Crippen molar-refractivity contribution in [3.63, 3.8) is 0 Å². The molecule has 0 aliphatic carbocycles. The molecule has 62 heavy (non-hydrogen) atoms. The minimum absolute atomic E-state index is 0.0611. The first-order valence-electron chi connectivity index (χ1n) is 26.4. The molecule has 0 aromatic carbocycles. The number of rotatable bonds is 48. The number of aliphatic hydroxyl groups is 1. The van der Waals surface area contributed by atoms with Crippen LogP contribution >= 0.6 is 7.82 Å². The van der Waals surface area contributed by atoms with E-state index in [-0.39, 0.29) is 19.1 Å². The smallest absolute Gasteiger partial charge is 0.387 e. The lowest BCUT2D eigenvalue weighted by Crippen LogP contribution is -2.45. The van der Waals surface area contributed by atoms with Gasteiger partial charge in [0.05, 0.1) is 39.9 Å². The van der Waals surface area contributed by atoms with Crippen LogP contribution in [0.15, 0.2) is 36.5 Å². The van der Waals surface area contributed by atoms with E-state index in [0.717, 1.165) is 38.5 Å². The normalized spacial score (nSPS) is 14.4. The Kier molecular flexibility index (Phi) is 44.0. The SMILES string of the molecule is CCC/C=C/C(O)C(COP(=O)(O)OCC[N+](C)(C)C)NC(=O)CCCCCCCCCCCCCCCCCCCCCCCCCCC/C=C\C/C=C\CCCCCCC. The molecule has 8 nitrogen and oxygen atoms in total. The van der Waals surface area contributed by atoms with Crippen LogP contribution in [0.1, 0.15) is 245 Å². The van der Waals surface area contributed by atoms with Crippen LogP contribution in [0.25, 0.3) is 0 Å². The van der Waals surface area contributed by atoms with E-state index in [4.69, 9.17) is 9.05 Å². The maximum absolute atomic E-state index is 12.7. The molecule has 1 amide bonds. The third-order valence-electron chi connectivity index (χ3n) is 11.8. The monoisotopic (exact) mass is 896 g/mol. The second-order valence-electron chi connectivity index (χ2n) is 19.3. The molecule has 0 aromatic rings. The quantitative estimate of drug-likeness (QED) is 0.0243. The molecule has 0 aliphatic heterocycles. The Hall–Kier alpha value is -1.28. The Morgan fingerprint density at radius 1 is 0.548 bits per heavy atom. The molecular weight excluding hydrogens is 792 g/mol. The molecule has 0 saturated heterocycles. The molecule has 0 spiro atoms. The van der Waals surface area contributed by atoms with Crippen molar-refractivity contribution in [1.29, 1.82) is 0 Å². The lowest BCUT2D eigenvalue weighted by Gasteiger charge is -2.25. The first-order chi connectivity index (χ1) is 30.0. The molecule has 0 saturated carbocycles. The van der Waals surface area contributed by atoms with Gasteiger partial charge in [-0.05, 0) is 44.9 Å². The topological polar surface area (TPSA) is 105 Å². The van der Waals surface area contributed by atoms with Gasteiger partial charge in [-0.25, -0.2) is 4.57 Å². The number of hydrogen-bond donors (Lipinski definition) is 3. The third-order valence-corrected chi connectivity index (χ3v) is 12.8. The molecule has 0 aromatic heterocycles. The van der Waals surface area contributed by atoms with Crippen molar-refractivity contribution in [2.45, 2.75) is 257 Å². The molecule has 366 valence electrons. The first-order valence-corrected chi connectivity index (χ1v) is 27.9. The van der Waals surface area contributed by atoms with Gasteiger partial charge in [-0.2, -0.15) is 0 Å². The molecule has 3 N–H and O–H groups in total. The molecule has 0 heterocycles. The summed E-state index contributed by atoms with van der Waals surface area (Å²) in [5.74, 6) is -0.186. The predicted octanol–water partition coefficient (Wildman–Crippen LogP) is 15.4. The Bertz CT molecular complexity index is 1110. The highest BCUT2D eigenvalue weighted by molar-refractivity contribution is 7.47. The molecule has 0 aliphatic rings. The van der Waals surface area contributed by atoms with Crippen molar-refractivity contribution in [2.75, 3.05) is 40.9 Å². The summed E-state index contributed by atoms with van der Waals surface area (Å²) in [7, 11) is 1.57. The number of quaternary nitrogens is 1. The summed E-state index contributed by atoms with van der Waals surface area (Å²) in [4.78, 5) is 22.8. The molecular formula is C53H104N2O6P+. The zero-order chi connectivity index (χ0) is 45.7. The van der Waals surface area contributed by atoms with Crippen molar-refractivity contribution in [3.05, 3.63) is 36.5 Å². The van der Waals surface area contributed by atoms with Crippen molar-refractivity contribution in [2.24, 2.45) is 0 Å². The van der Waals surface area contributed by atoms with E-state index in [1.807, 2.05) is 34.1 Å². The lowest BCUT2D eigenvalue weighted by atomic mass is 10.0. The van der Waals surface area contributed by atoms with Gasteiger partial charge in [-0.1, -0.05) is 230 Å². The fourth-order valence-corrected chi connectivity index (χ4v) is 8.40. The highest BCUT2D eigenvalue weighted by Gasteiger charge is 2.27. The molecule has 0 fully saturated rings. The number of aliphatic hydroxyl groups excluding tert-OH is 1. The molecule has 0 bridgehead atoms. The van der Waals surface area contributed by atoms with Crippen molar-refractivity contribution >= 4 is 13.7 Å². The predicted molar refractivity (Wildman–Crippen MR) is 268 cm³/mol. The highest BCUT2D eigenvalue weighted by Crippen LogP contribution is 2.43. The summed E-state index contributed by atoms with van der Waals surface area (Å²) in [5.41, 5.74) is 0. The minimum atomic E-state index is -4.31. The van der Waals surface area contributed by atoms with Gasteiger partial charge in [0, 0.05) is 6.42 Å². The van der Waals surface area contributed by atoms with Crippen LogP contribution in [0.5, 0.6) is 0 Å². The molecule has 0 rings (SSSR count). The van der Waals surface area contributed by atoms with Crippen LogP contribution in [-0.2, 0) is 18.4 Å². The number of carbonyl (C=O) groups is 1. The maximum atomic E-state index is 12.7. The minimum Gasteiger partial charge on any atom is -0.387 e. The standard InChI is InChI=1S/C53H103N2O6P/c1-6-8-10-11-12-13-14-15-16-17-18-19-20-21-22-23-24-25-26-27-28-29-30-31-32-33-34-35-36-37-38-39-40-41-42-43-45-47-53(57)54-51(52(56)46-44-9-7-2)50-61-62(58,59)60-49-48-55(3,4)5/h14-15,17-18,44,46,51-52,56H,6-13,16,19-43,45,47-50H2,1-5H3,(H-,54,57,58,59)/p+1/b15-14-,18-17-,46-44+. The maximum Gasteiger partial charge on any atom is 0.472 e. The van der Waals surface area contributed by atoms with E-state index in [9.17, 15) is 19.4 Å². The number of likely N-dealkylation sites (N-methyl/N-ethyl adjacent to an activating group) is 1. The van der Waals surface area contributed by atoms with Crippen molar-refractivity contribution in [1.82, 2.24) is 5.32 Å². The van der Waals surface area contributed by atoms with E-state index >= 15 is 0 Å². The van der Waals surface area contributed by atoms with Gasteiger partial charge in [0.15, 0.2) is 0 Å².